The Hall–Kier alpha value is -0.260. The summed E-state index contributed by atoms with van der Waals surface area (Å²) in [4.78, 5) is 44.5. The molecule has 0 heterocycles. The SMILES string of the molecule is Nc1cc(N)c(S)cc1S.O=P(O)(O)O.O=P(O)(O)O. The van der Waals surface area contributed by atoms with Crippen molar-refractivity contribution in [1.29, 1.82) is 0 Å². The highest BCUT2D eigenvalue weighted by atomic mass is 32.1. The Labute approximate surface area is 124 Å². The van der Waals surface area contributed by atoms with Gasteiger partial charge in [-0.15, -0.1) is 25.3 Å². The Kier molecular flexibility index (Phi) is 9.80. The zero-order valence-electron chi connectivity index (χ0n) is 9.60. The summed E-state index contributed by atoms with van der Waals surface area (Å²) in [6.07, 6.45) is 0. The van der Waals surface area contributed by atoms with E-state index in [2.05, 4.69) is 25.3 Å². The van der Waals surface area contributed by atoms with Gasteiger partial charge in [0.05, 0.1) is 0 Å². The van der Waals surface area contributed by atoms with Crippen LogP contribution in [-0.2, 0) is 9.13 Å². The Morgan fingerprint density at radius 2 is 0.950 bits per heavy atom. The Morgan fingerprint density at radius 3 is 1.10 bits per heavy atom. The van der Waals surface area contributed by atoms with E-state index in [1.54, 1.807) is 12.1 Å². The molecule has 14 heteroatoms. The maximum atomic E-state index is 8.88. The first-order valence-corrected chi connectivity index (χ1v) is 8.27. The number of hydrogen-bond acceptors (Lipinski definition) is 6. The van der Waals surface area contributed by atoms with E-state index in [-0.39, 0.29) is 0 Å². The number of anilines is 2. The van der Waals surface area contributed by atoms with Crippen molar-refractivity contribution in [2.45, 2.75) is 9.79 Å². The molecular weight excluding hydrogens is 354 g/mol. The molecule has 0 aliphatic rings. The van der Waals surface area contributed by atoms with E-state index >= 15 is 0 Å². The van der Waals surface area contributed by atoms with Crippen molar-refractivity contribution in [3.05, 3.63) is 12.1 Å². The molecule has 10 N–H and O–H groups in total. The van der Waals surface area contributed by atoms with Gasteiger partial charge in [0.15, 0.2) is 0 Å². The molecule has 0 aliphatic carbocycles. The van der Waals surface area contributed by atoms with Crippen molar-refractivity contribution in [2.75, 3.05) is 11.5 Å². The second-order valence-electron chi connectivity index (χ2n) is 3.00. The first-order valence-electron chi connectivity index (χ1n) is 4.24. The monoisotopic (exact) mass is 368 g/mol. The third kappa shape index (κ3) is 20.1. The molecule has 0 saturated carbocycles. The highest BCUT2D eigenvalue weighted by Crippen LogP contribution is 2.26. The van der Waals surface area contributed by atoms with E-state index in [0.717, 1.165) is 0 Å². The third-order valence-corrected chi connectivity index (χ3v) is 1.95. The molecule has 1 aromatic rings. The molecule has 0 fully saturated rings. The molecule has 0 amide bonds. The van der Waals surface area contributed by atoms with Crippen LogP contribution >= 0.6 is 40.9 Å². The van der Waals surface area contributed by atoms with Crippen molar-refractivity contribution in [1.82, 2.24) is 0 Å². The number of nitrogen functional groups attached to an aromatic ring is 2. The fourth-order valence-electron chi connectivity index (χ4n) is 0.612. The summed E-state index contributed by atoms with van der Waals surface area (Å²) in [7, 11) is -9.28. The molecule has 0 unspecified atom stereocenters. The summed E-state index contributed by atoms with van der Waals surface area (Å²) in [5.74, 6) is 0. The second kappa shape index (κ2) is 8.90. The molecule has 0 atom stereocenters. The Morgan fingerprint density at radius 1 is 0.750 bits per heavy atom. The zero-order chi connectivity index (χ0) is 16.7. The largest absolute Gasteiger partial charge is 0.466 e. The summed E-state index contributed by atoms with van der Waals surface area (Å²) in [5.41, 5.74) is 12.2. The predicted molar refractivity (Wildman–Crippen MR) is 78.3 cm³/mol. The molecule has 118 valence electrons. The highest BCUT2D eigenvalue weighted by molar-refractivity contribution is 7.81. The smallest absolute Gasteiger partial charge is 0.398 e. The third-order valence-electron chi connectivity index (χ3n) is 1.18. The molecule has 0 bridgehead atoms. The van der Waals surface area contributed by atoms with Crippen molar-refractivity contribution in [3.63, 3.8) is 0 Å². The number of phosphoric acid groups is 2. The first-order chi connectivity index (χ1) is 8.61. The highest BCUT2D eigenvalue weighted by Gasteiger charge is 2.00. The molecular formula is C6H14N2O8P2S2. The van der Waals surface area contributed by atoms with Crippen LogP contribution in [-0.4, -0.2) is 29.4 Å². The van der Waals surface area contributed by atoms with Gasteiger partial charge in [0.25, 0.3) is 0 Å². The molecule has 1 rings (SSSR count). The van der Waals surface area contributed by atoms with E-state index in [1.807, 2.05) is 0 Å². The second-order valence-corrected chi connectivity index (χ2v) is 6.01. The van der Waals surface area contributed by atoms with Crippen LogP contribution in [0.3, 0.4) is 0 Å². The summed E-state index contributed by atoms with van der Waals surface area (Å²) < 4.78 is 17.8. The predicted octanol–water partition coefficient (Wildman–Crippen LogP) is -0.429. The number of hydrogen-bond donors (Lipinski definition) is 10. The summed E-state index contributed by atoms with van der Waals surface area (Å²) in [6, 6.07) is 3.36. The van der Waals surface area contributed by atoms with Crippen molar-refractivity contribution >= 4 is 52.3 Å². The fourth-order valence-corrected chi connectivity index (χ4v) is 1.10. The maximum Gasteiger partial charge on any atom is 0.466 e. The molecule has 10 nitrogen and oxygen atoms in total. The van der Waals surface area contributed by atoms with Crippen molar-refractivity contribution in [2.24, 2.45) is 0 Å². The number of nitrogens with two attached hydrogens (primary N) is 2. The van der Waals surface area contributed by atoms with Gasteiger partial charge in [0.1, 0.15) is 0 Å². The van der Waals surface area contributed by atoms with Gasteiger partial charge in [-0.2, -0.15) is 0 Å². The van der Waals surface area contributed by atoms with Gasteiger partial charge >= 0.3 is 15.6 Å². The van der Waals surface area contributed by atoms with Crippen LogP contribution < -0.4 is 11.5 Å². The van der Waals surface area contributed by atoms with E-state index in [4.69, 9.17) is 50.0 Å². The molecule has 0 spiro atoms. The number of benzene rings is 1. The molecule has 0 radical (unpaired) electrons. The van der Waals surface area contributed by atoms with Crippen LogP contribution in [0.15, 0.2) is 21.9 Å². The van der Waals surface area contributed by atoms with Gasteiger partial charge in [-0.25, -0.2) is 9.13 Å². The number of rotatable bonds is 0. The first kappa shape index (κ1) is 22.0. The lowest BCUT2D eigenvalue weighted by molar-refractivity contribution is 0.272. The lowest BCUT2D eigenvalue weighted by Crippen LogP contribution is -1.92. The molecule has 0 aromatic heterocycles. The average molecular weight is 368 g/mol. The Balaban J connectivity index is 0. The van der Waals surface area contributed by atoms with Gasteiger partial charge in [-0.1, -0.05) is 0 Å². The minimum absolute atomic E-state index is 0.582. The lowest BCUT2D eigenvalue weighted by Gasteiger charge is -2.02. The van der Waals surface area contributed by atoms with Crippen LogP contribution in [0.2, 0.25) is 0 Å². The fraction of sp³-hybridized carbons (Fsp3) is 0. The summed E-state index contributed by atoms with van der Waals surface area (Å²) in [5, 5.41) is 0. The molecule has 1 aromatic carbocycles. The van der Waals surface area contributed by atoms with Gasteiger partial charge in [-0.05, 0) is 12.1 Å². The normalized spacial score (nSPS) is 10.8. The quantitative estimate of drug-likeness (QED) is 0.162. The van der Waals surface area contributed by atoms with Crippen LogP contribution in [0.4, 0.5) is 11.4 Å². The van der Waals surface area contributed by atoms with Crippen LogP contribution in [0.5, 0.6) is 0 Å². The van der Waals surface area contributed by atoms with E-state index < -0.39 is 15.6 Å². The Bertz CT molecular complexity index is 443. The minimum Gasteiger partial charge on any atom is -0.398 e. The van der Waals surface area contributed by atoms with Gasteiger partial charge < -0.3 is 40.8 Å². The zero-order valence-corrected chi connectivity index (χ0v) is 13.2. The van der Waals surface area contributed by atoms with E-state index in [0.29, 0.717) is 21.2 Å². The van der Waals surface area contributed by atoms with Crippen LogP contribution in [0.1, 0.15) is 0 Å². The van der Waals surface area contributed by atoms with Crippen LogP contribution in [0, 0.1) is 0 Å². The van der Waals surface area contributed by atoms with Gasteiger partial charge in [0, 0.05) is 21.2 Å². The van der Waals surface area contributed by atoms with E-state index in [1.165, 1.54) is 0 Å². The van der Waals surface area contributed by atoms with Gasteiger partial charge in [-0.3, -0.25) is 0 Å². The molecule has 0 aliphatic heterocycles. The summed E-state index contributed by atoms with van der Waals surface area (Å²) >= 11 is 8.17. The molecule has 20 heavy (non-hydrogen) atoms. The minimum atomic E-state index is -4.64. The average Bonchev–Trinajstić information content (AvgIpc) is 2.09. The number of thiol groups is 2. The summed E-state index contributed by atoms with van der Waals surface area (Å²) in [6.45, 7) is 0. The van der Waals surface area contributed by atoms with Crippen LogP contribution in [0.25, 0.3) is 0 Å². The topological polar surface area (TPSA) is 208 Å². The molecule has 0 saturated heterocycles. The van der Waals surface area contributed by atoms with E-state index in [9.17, 15) is 0 Å². The standard InChI is InChI=1S/C6H8N2S2.2H3O4P/c7-3-1-4(8)6(10)2-5(3)9;2*1-5(2,3)4/h1-2,9-10H,7-8H2;2*(H3,1,2,3,4). The van der Waals surface area contributed by atoms with Crippen molar-refractivity contribution in [3.8, 4) is 0 Å². The van der Waals surface area contributed by atoms with Gasteiger partial charge in [0.2, 0.25) is 0 Å². The lowest BCUT2D eigenvalue weighted by atomic mass is 10.3. The maximum absolute atomic E-state index is 8.88. The van der Waals surface area contributed by atoms with Crippen molar-refractivity contribution < 1.29 is 38.5 Å².